The number of imide groups is 1. The Morgan fingerprint density at radius 2 is 1.43 bits per heavy atom. The Balaban J connectivity index is 2.26. The summed E-state index contributed by atoms with van der Waals surface area (Å²) in [5.41, 5.74) is -0.191. The van der Waals surface area contributed by atoms with Crippen LogP contribution in [0.1, 0.15) is 26.5 Å². The van der Waals surface area contributed by atoms with Crippen LogP contribution in [-0.2, 0) is 0 Å². The van der Waals surface area contributed by atoms with E-state index in [9.17, 15) is 9.59 Å². The van der Waals surface area contributed by atoms with Crippen molar-refractivity contribution in [2.75, 3.05) is 4.90 Å². The fourth-order valence-electron chi connectivity index (χ4n) is 2.02. The number of amides is 2. The standard InChI is InChI=1S/C12H4Cl4N2O3/c1-3-2-4(17-21-3)18-11(19)5-6(12(18)20)8(14)10(16)9(15)7(5)13/h2H,1H3. The highest BCUT2D eigenvalue weighted by molar-refractivity contribution is 6.56. The van der Waals surface area contributed by atoms with Gasteiger partial charge in [0.15, 0.2) is 5.82 Å². The van der Waals surface area contributed by atoms with Crippen LogP contribution < -0.4 is 4.90 Å². The normalized spacial score (nSPS) is 14.0. The summed E-state index contributed by atoms with van der Waals surface area (Å²) in [6, 6.07) is 1.44. The van der Waals surface area contributed by atoms with Crippen LogP contribution in [0.3, 0.4) is 0 Å². The zero-order chi connectivity index (χ0) is 15.5. The minimum absolute atomic E-state index is 0.0399. The van der Waals surface area contributed by atoms with Gasteiger partial charge in [-0.25, -0.2) is 4.90 Å². The summed E-state index contributed by atoms with van der Waals surface area (Å²) < 4.78 is 4.87. The van der Waals surface area contributed by atoms with Gasteiger partial charge in [0, 0.05) is 6.07 Å². The fraction of sp³-hybridized carbons (Fsp3) is 0.0833. The molecule has 1 aromatic heterocycles. The number of hydrogen-bond acceptors (Lipinski definition) is 4. The van der Waals surface area contributed by atoms with E-state index >= 15 is 0 Å². The van der Waals surface area contributed by atoms with Crippen molar-refractivity contribution < 1.29 is 14.1 Å². The van der Waals surface area contributed by atoms with Crippen molar-refractivity contribution in [3.8, 4) is 0 Å². The second kappa shape index (κ2) is 4.88. The maximum atomic E-state index is 12.4. The Hall–Kier alpha value is -1.27. The van der Waals surface area contributed by atoms with Crippen LogP contribution in [0.2, 0.25) is 20.1 Å². The van der Waals surface area contributed by atoms with Gasteiger partial charge in [-0.05, 0) is 6.92 Å². The fourth-order valence-corrected chi connectivity index (χ4v) is 3.03. The third-order valence-corrected chi connectivity index (χ3v) is 4.75. The minimum Gasteiger partial charge on any atom is -0.360 e. The minimum atomic E-state index is -0.686. The summed E-state index contributed by atoms with van der Waals surface area (Å²) in [5, 5.41) is 3.23. The maximum absolute atomic E-state index is 12.4. The number of halogens is 4. The van der Waals surface area contributed by atoms with Crippen molar-refractivity contribution in [2.24, 2.45) is 0 Å². The molecule has 108 valence electrons. The number of benzene rings is 1. The lowest BCUT2D eigenvalue weighted by atomic mass is 10.1. The lowest BCUT2D eigenvalue weighted by Crippen LogP contribution is -2.29. The average Bonchev–Trinajstić information content (AvgIpc) is 2.96. The molecule has 1 aromatic carbocycles. The highest BCUT2D eigenvalue weighted by Crippen LogP contribution is 2.45. The topological polar surface area (TPSA) is 63.4 Å². The number of fused-ring (bicyclic) bond motifs is 1. The quantitative estimate of drug-likeness (QED) is 0.427. The van der Waals surface area contributed by atoms with E-state index in [1.165, 1.54) is 6.07 Å². The Kier molecular flexibility index (Phi) is 3.41. The molecule has 21 heavy (non-hydrogen) atoms. The number of anilines is 1. The van der Waals surface area contributed by atoms with Crippen LogP contribution in [0.15, 0.2) is 10.6 Å². The summed E-state index contributed by atoms with van der Waals surface area (Å²) >= 11 is 23.9. The molecule has 0 saturated heterocycles. The summed E-state index contributed by atoms with van der Waals surface area (Å²) in [7, 11) is 0. The van der Waals surface area contributed by atoms with Crippen LogP contribution in [0, 0.1) is 6.92 Å². The van der Waals surface area contributed by atoms with Crippen molar-refractivity contribution >= 4 is 64.0 Å². The number of rotatable bonds is 1. The number of hydrogen-bond donors (Lipinski definition) is 0. The summed E-state index contributed by atoms with van der Waals surface area (Å²) in [6.45, 7) is 1.63. The Morgan fingerprint density at radius 1 is 0.952 bits per heavy atom. The molecule has 2 aromatic rings. The molecule has 2 heterocycles. The first-order valence-corrected chi connectivity index (χ1v) is 7.03. The Labute approximate surface area is 138 Å². The van der Waals surface area contributed by atoms with Crippen LogP contribution in [0.5, 0.6) is 0 Å². The van der Waals surface area contributed by atoms with Crippen molar-refractivity contribution in [1.82, 2.24) is 5.16 Å². The van der Waals surface area contributed by atoms with Gasteiger partial charge in [0.1, 0.15) is 5.76 Å². The predicted molar refractivity (Wildman–Crippen MR) is 78.9 cm³/mol. The summed E-state index contributed by atoms with van der Waals surface area (Å²) in [4.78, 5) is 25.7. The SMILES string of the molecule is Cc1cc(N2C(=O)c3c(Cl)c(Cl)c(Cl)c(Cl)c3C2=O)no1. The number of carbonyl (C=O) groups is 2. The highest BCUT2D eigenvalue weighted by Gasteiger charge is 2.43. The Morgan fingerprint density at radius 3 is 1.81 bits per heavy atom. The van der Waals surface area contributed by atoms with Gasteiger partial charge in [0.2, 0.25) is 0 Å². The largest absolute Gasteiger partial charge is 0.360 e. The van der Waals surface area contributed by atoms with Gasteiger partial charge in [-0.2, -0.15) is 0 Å². The van der Waals surface area contributed by atoms with E-state index in [4.69, 9.17) is 50.9 Å². The second-order valence-corrected chi connectivity index (χ2v) is 5.76. The molecule has 0 aliphatic carbocycles. The van der Waals surface area contributed by atoms with Crippen LogP contribution in [0.4, 0.5) is 5.82 Å². The first kappa shape index (κ1) is 14.7. The molecule has 1 aliphatic rings. The van der Waals surface area contributed by atoms with E-state index in [1.807, 2.05) is 0 Å². The lowest BCUT2D eigenvalue weighted by molar-refractivity contribution is 0.0924. The van der Waals surface area contributed by atoms with Crippen molar-refractivity contribution in [3.05, 3.63) is 43.0 Å². The average molecular weight is 366 g/mol. The number of aryl methyl sites for hydroxylation is 1. The van der Waals surface area contributed by atoms with Crippen molar-refractivity contribution in [2.45, 2.75) is 6.92 Å². The van der Waals surface area contributed by atoms with Crippen LogP contribution >= 0.6 is 46.4 Å². The van der Waals surface area contributed by atoms with Gasteiger partial charge < -0.3 is 4.52 Å². The van der Waals surface area contributed by atoms with Crippen molar-refractivity contribution in [1.29, 1.82) is 0 Å². The molecule has 9 heteroatoms. The molecule has 0 bridgehead atoms. The first-order chi connectivity index (χ1) is 9.84. The van der Waals surface area contributed by atoms with E-state index in [-0.39, 0.29) is 37.0 Å². The van der Waals surface area contributed by atoms with E-state index < -0.39 is 11.8 Å². The first-order valence-electron chi connectivity index (χ1n) is 5.52. The predicted octanol–water partition coefficient (Wildman–Crippen LogP) is 4.40. The molecule has 3 rings (SSSR count). The monoisotopic (exact) mass is 364 g/mol. The third-order valence-electron chi connectivity index (χ3n) is 2.95. The van der Waals surface area contributed by atoms with Gasteiger partial charge in [-0.15, -0.1) is 0 Å². The molecular formula is C12H4Cl4N2O3. The highest BCUT2D eigenvalue weighted by atomic mass is 35.5. The number of aromatic nitrogens is 1. The molecule has 0 saturated carbocycles. The molecule has 0 spiro atoms. The molecule has 0 atom stereocenters. The molecular weight excluding hydrogens is 362 g/mol. The molecule has 0 unspecified atom stereocenters. The van der Waals surface area contributed by atoms with Crippen LogP contribution in [0.25, 0.3) is 0 Å². The van der Waals surface area contributed by atoms with Gasteiger partial charge in [-0.3, -0.25) is 9.59 Å². The van der Waals surface area contributed by atoms with Gasteiger partial charge >= 0.3 is 0 Å². The van der Waals surface area contributed by atoms with E-state index in [0.29, 0.717) is 5.76 Å². The zero-order valence-corrected chi connectivity index (χ0v) is 13.2. The zero-order valence-electron chi connectivity index (χ0n) is 10.2. The van der Waals surface area contributed by atoms with E-state index in [0.717, 1.165) is 4.90 Å². The second-order valence-electron chi connectivity index (χ2n) is 4.25. The number of nitrogens with zero attached hydrogens (tertiary/aromatic N) is 2. The maximum Gasteiger partial charge on any atom is 0.269 e. The summed E-state index contributed by atoms with van der Waals surface area (Å²) in [5.74, 6) is -0.893. The van der Waals surface area contributed by atoms with Crippen LogP contribution in [-0.4, -0.2) is 17.0 Å². The van der Waals surface area contributed by atoms with Gasteiger partial charge in [0.05, 0.1) is 31.2 Å². The smallest absolute Gasteiger partial charge is 0.269 e. The number of carbonyl (C=O) groups excluding carboxylic acids is 2. The molecule has 0 N–H and O–H groups in total. The molecule has 2 amide bonds. The lowest BCUT2D eigenvalue weighted by Gasteiger charge is -2.08. The third kappa shape index (κ3) is 1.96. The summed E-state index contributed by atoms with van der Waals surface area (Å²) in [6.07, 6.45) is 0. The Bertz CT molecular complexity index is 768. The van der Waals surface area contributed by atoms with Gasteiger partial charge in [-0.1, -0.05) is 51.6 Å². The van der Waals surface area contributed by atoms with Crippen molar-refractivity contribution in [3.63, 3.8) is 0 Å². The molecule has 0 radical (unpaired) electrons. The molecule has 5 nitrogen and oxygen atoms in total. The van der Waals surface area contributed by atoms with Gasteiger partial charge in [0.25, 0.3) is 11.8 Å². The van der Waals surface area contributed by atoms with E-state index in [1.54, 1.807) is 6.92 Å². The van der Waals surface area contributed by atoms with E-state index in [2.05, 4.69) is 5.16 Å². The molecule has 0 fully saturated rings. The molecule has 1 aliphatic heterocycles.